The molecule has 10 nitrogen and oxygen atoms in total. The van der Waals surface area contributed by atoms with Gasteiger partial charge in [0.05, 0.1) is 12.8 Å². The van der Waals surface area contributed by atoms with E-state index in [1.54, 1.807) is 19.9 Å². The number of hydrogen-bond donors (Lipinski definition) is 2. The molecule has 4 heterocycles. The Hall–Kier alpha value is -3.28. The van der Waals surface area contributed by atoms with Gasteiger partial charge in [0, 0.05) is 10.9 Å². The number of carbonyl (C=O) groups excluding carboxylic acids is 1. The highest BCUT2D eigenvalue weighted by Gasteiger charge is 2.66. The van der Waals surface area contributed by atoms with Crippen molar-refractivity contribution in [3.8, 4) is 5.75 Å². The van der Waals surface area contributed by atoms with Crippen LogP contribution in [0.15, 0.2) is 59.7 Å². The summed E-state index contributed by atoms with van der Waals surface area (Å²) < 4.78 is 36.2. The number of aromatic amines is 1. The van der Waals surface area contributed by atoms with E-state index in [0.717, 1.165) is 16.5 Å². The smallest absolute Gasteiger partial charge is 0.287 e. The number of hydrogen-bond acceptors (Lipinski definition) is 8. The lowest BCUT2D eigenvalue weighted by atomic mass is 9.91. The molecule has 0 bridgehead atoms. The maximum absolute atomic E-state index is 13.0. The van der Waals surface area contributed by atoms with Crippen molar-refractivity contribution in [2.45, 2.75) is 70.0 Å². The van der Waals surface area contributed by atoms with Crippen molar-refractivity contribution >= 4 is 23.0 Å². The third-order valence-corrected chi connectivity index (χ3v) is 6.74. The number of fused-ring (bicyclic) bond motifs is 4. The van der Waals surface area contributed by atoms with Crippen molar-refractivity contribution in [3.05, 3.63) is 65.9 Å². The minimum absolute atomic E-state index is 0.298. The van der Waals surface area contributed by atoms with Crippen LogP contribution in [-0.4, -0.2) is 59.4 Å². The van der Waals surface area contributed by atoms with Crippen molar-refractivity contribution in [1.82, 2.24) is 10.4 Å². The zero-order valence-corrected chi connectivity index (χ0v) is 21.7. The van der Waals surface area contributed by atoms with Gasteiger partial charge in [-0.15, -0.1) is 0 Å². The van der Waals surface area contributed by atoms with Crippen LogP contribution in [0.3, 0.4) is 0 Å². The zero-order chi connectivity index (χ0) is 26.5. The topological polar surface area (TPSA) is 113 Å². The first-order chi connectivity index (χ1) is 18.1. The average molecular weight is 522 g/mol. The van der Waals surface area contributed by atoms with E-state index < -0.39 is 35.5 Å². The molecule has 3 fully saturated rings. The number of nitrogens with zero attached hydrogens (tertiary/aromatic N) is 1. The molecule has 0 aliphatic carbocycles. The van der Waals surface area contributed by atoms with Gasteiger partial charge in [0.15, 0.2) is 23.5 Å². The van der Waals surface area contributed by atoms with E-state index in [2.05, 4.69) is 15.5 Å². The molecular weight excluding hydrogens is 490 g/mol. The lowest BCUT2D eigenvalue weighted by Gasteiger charge is -2.39. The zero-order valence-electron chi connectivity index (χ0n) is 21.7. The molecule has 10 heteroatoms. The first kappa shape index (κ1) is 25.0. The summed E-state index contributed by atoms with van der Waals surface area (Å²) in [5.41, 5.74) is 3.63. The van der Waals surface area contributed by atoms with Crippen molar-refractivity contribution in [3.63, 3.8) is 0 Å². The third-order valence-electron chi connectivity index (χ3n) is 6.74. The quantitative estimate of drug-likeness (QED) is 0.374. The Labute approximate surface area is 220 Å². The summed E-state index contributed by atoms with van der Waals surface area (Å²) in [6.07, 6.45) is -0.169. The van der Waals surface area contributed by atoms with Gasteiger partial charge in [-0.1, -0.05) is 30.3 Å². The van der Waals surface area contributed by atoms with Gasteiger partial charge in [0.1, 0.15) is 30.3 Å². The molecule has 200 valence electrons. The summed E-state index contributed by atoms with van der Waals surface area (Å²) in [4.78, 5) is 16.1. The van der Waals surface area contributed by atoms with Crippen LogP contribution in [0.1, 0.15) is 43.7 Å². The SMILES string of the molecule is CC1(C)OC2COC3OC(C)(C)OC3(/C=N\NC(=O)c3cc4cc(OCc5ccccc5)ccc4[nH]3)C2O1. The number of aromatic nitrogens is 1. The molecule has 1 aromatic heterocycles. The number of carbonyl (C=O) groups is 1. The fraction of sp³-hybridized carbons (Fsp3) is 0.429. The first-order valence-corrected chi connectivity index (χ1v) is 12.6. The normalized spacial score (nSPS) is 29.3. The fourth-order valence-electron chi connectivity index (χ4n) is 5.20. The molecule has 3 aliphatic heterocycles. The van der Waals surface area contributed by atoms with Gasteiger partial charge in [-0.25, -0.2) is 5.43 Å². The van der Waals surface area contributed by atoms with E-state index in [0.29, 0.717) is 24.7 Å². The molecule has 0 radical (unpaired) electrons. The predicted molar refractivity (Wildman–Crippen MR) is 138 cm³/mol. The van der Waals surface area contributed by atoms with Gasteiger partial charge in [-0.3, -0.25) is 4.79 Å². The van der Waals surface area contributed by atoms with Crippen LogP contribution in [-0.2, 0) is 30.3 Å². The summed E-state index contributed by atoms with van der Waals surface area (Å²) in [6, 6.07) is 17.3. The Morgan fingerprint density at radius 2 is 1.89 bits per heavy atom. The molecule has 1 amide bonds. The monoisotopic (exact) mass is 521 g/mol. The number of amides is 1. The van der Waals surface area contributed by atoms with Crippen molar-refractivity contribution in [1.29, 1.82) is 0 Å². The second-order valence-electron chi connectivity index (χ2n) is 10.6. The van der Waals surface area contributed by atoms with Crippen LogP contribution in [0.2, 0.25) is 0 Å². The molecule has 0 spiro atoms. The molecule has 4 unspecified atom stereocenters. The summed E-state index contributed by atoms with van der Waals surface area (Å²) in [6.45, 7) is 8.01. The fourth-order valence-corrected chi connectivity index (χ4v) is 5.20. The second kappa shape index (κ2) is 9.18. The summed E-state index contributed by atoms with van der Waals surface area (Å²) >= 11 is 0. The van der Waals surface area contributed by atoms with Gasteiger partial charge in [-0.05, 0) is 57.5 Å². The van der Waals surface area contributed by atoms with E-state index in [9.17, 15) is 4.79 Å². The minimum atomic E-state index is -1.20. The van der Waals surface area contributed by atoms with Crippen LogP contribution < -0.4 is 10.2 Å². The number of H-pyrrole nitrogens is 1. The molecule has 3 aromatic rings. The van der Waals surface area contributed by atoms with E-state index in [1.807, 2.05) is 62.4 Å². The Balaban J connectivity index is 1.17. The Kier molecular flexibility index (Phi) is 6.04. The molecule has 2 N–H and O–H groups in total. The van der Waals surface area contributed by atoms with Crippen LogP contribution in [0.4, 0.5) is 0 Å². The van der Waals surface area contributed by atoms with E-state index in [-0.39, 0.29) is 6.10 Å². The molecule has 0 saturated carbocycles. The van der Waals surface area contributed by atoms with Crippen LogP contribution in [0, 0.1) is 0 Å². The number of ether oxygens (including phenoxy) is 6. The molecule has 38 heavy (non-hydrogen) atoms. The van der Waals surface area contributed by atoms with Crippen LogP contribution >= 0.6 is 0 Å². The third kappa shape index (κ3) is 4.70. The van der Waals surface area contributed by atoms with Crippen LogP contribution in [0.25, 0.3) is 10.9 Å². The number of nitrogens with one attached hydrogen (secondary N) is 2. The second-order valence-corrected chi connectivity index (χ2v) is 10.6. The highest BCUT2D eigenvalue weighted by molar-refractivity contribution is 5.98. The summed E-state index contributed by atoms with van der Waals surface area (Å²) in [5.74, 6) is -1.46. The molecule has 3 saturated heterocycles. The molecule has 2 aromatic carbocycles. The van der Waals surface area contributed by atoms with Crippen molar-refractivity contribution in [2.24, 2.45) is 5.10 Å². The lowest BCUT2D eigenvalue weighted by molar-refractivity contribution is -0.208. The maximum Gasteiger partial charge on any atom is 0.287 e. The Morgan fingerprint density at radius 3 is 2.71 bits per heavy atom. The van der Waals surface area contributed by atoms with Crippen LogP contribution in [0.5, 0.6) is 5.75 Å². The lowest BCUT2D eigenvalue weighted by Crippen LogP contribution is -2.62. The average Bonchev–Trinajstić information content (AvgIpc) is 3.52. The summed E-state index contributed by atoms with van der Waals surface area (Å²) in [5, 5.41) is 5.09. The van der Waals surface area contributed by atoms with E-state index in [4.69, 9.17) is 28.4 Å². The van der Waals surface area contributed by atoms with Gasteiger partial charge in [0.2, 0.25) is 0 Å². The number of rotatable bonds is 6. The molecular formula is C28H31N3O7. The maximum atomic E-state index is 13.0. The minimum Gasteiger partial charge on any atom is -0.489 e. The van der Waals surface area contributed by atoms with E-state index in [1.165, 1.54) is 6.21 Å². The van der Waals surface area contributed by atoms with Gasteiger partial charge >= 0.3 is 0 Å². The van der Waals surface area contributed by atoms with Gasteiger partial charge < -0.3 is 33.4 Å². The molecule has 4 atom stereocenters. The van der Waals surface area contributed by atoms with Gasteiger partial charge in [0.25, 0.3) is 5.91 Å². The molecule has 6 rings (SSSR count). The van der Waals surface area contributed by atoms with Gasteiger partial charge in [-0.2, -0.15) is 5.10 Å². The summed E-state index contributed by atoms with van der Waals surface area (Å²) in [7, 11) is 0. The number of benzene rings is 2. The van der Waals surface area contributed by atoms with Crippen molar-refractivity contribution < 1.29 is 33.2 Å². The number of hydrazone groups is 1. The Morgan fingerprint density at radius 1 is 1.08 bits per heavy atom. The standard InChI is InChI=1S/C28H31N3O7/c1-26(2)35-22-15-34-25-28(23(22)36-26,38-27(3,4)37-25)16-29-31-24(32)21-13-18-12-19(10-11-20(18)30-21)33-14-17-8-6-5-7-9-17/h5-13,16,22-23,25,30H,14-15H2,1-4H3,(H,31,32)/b29-16-. The molecule has 3 aliphatic rings. The highest BCUT2D eigenvalue weighted by atomic mass is 16.9. The predicted octanol–water partition coefficient (Wildman–Crippen LogP) is 3.86. The van der Waals surface area contributed by atoms with Crippen molar-refractivity contribution in [2.75, 3.05) is 6.61 Å². The largest absolute Gasteiger partial charge is 0.489 e. The highest BCUT2D eigenvalue weighted by Crippen LogP contribution is 2.47. The first-order valence-electron chi connectivity index (χ1n) is 12.6. The Bertz CT molecular complexity index is 1370. The van der Waals surface area contributed by atoms with E-state index >= 15 is 0 Å².